The third-order valence-electron chi connectivity index (χ3n) is 4.62. The zero-order chi connectivity index (χ0) is 24.2. The van der Waals surface area contributed by atoms with E-state index in [4.69, 9.17) is 0 Å². The van der Waals surface area contributed by atoms with Crippen LogP contribution in [0.4, 0.5) is 11.4 Å². The van der Waals surface area contributed by atoms with Crippen molar-refractivity contribution in [3.05, 3.63) is 89.5 Å². The van der Waals surface area contributed by atoms with Gasteiger partial charge in [0.2, 0.25) is 0 Å². The van der Waals surface area contributed by atoms with Gasteiger partial charge in [-0.05, 0) is 70.2 Å². The van der Waals surface area contributed by atoms with Crippen molar-refractivity contribution in [2.24, 2.45) is 0 Å². The molecule has 0 atom stereocenters. The zero-order valence-corrected chi connectivity index (χ0v) is 19.8. The van der Waals surface area contributed by atoms with Crippen molar-refractivity contribution in [3.63, 3.8) is 0 Å². The standard InChI is InChI=1S/C25H27N3O4S/c1-17-12-14-20(15-13-17)33(31,32)28-19-9-7-8-18(16-19)23(29)26-22-11-6-5-10-21(22)24(30)27-25(2,3)4/h5-16,28H,1-4H3,(H,26,29)(H,27,30). The topological polar surface area (TPSA) is 104 Å². The molecular formula is C25H27N3O4S. The molecule has 172 valence electrons. The number of amides is 2. The molecule has 0 saturated carbocycles. The van der Waals surface area contributed by atoms with Gasteiger partial charge in [-0.1, -0.05) is 35.9 Å². The summed E-state index contributed by atoms with van der Waals surface area (Å²) < 4.78 is 27.8. The van der Waals surface area contributed by atoms with Gasteiger partial charge in [-0.15, -0.1) is 0 Å². The molecule has 0 aliphatic carbocycles. The molecule has 0 aromatic heterocycles. The molecule has 0 unspecified atom stereocenters. The SMILES string of the molecule is Cc1ccc(S(=O)(=O)Nc2cccc(C(=O)Nc3ccccc3C(=O)NC(C)(C)C)c2)cc1. The molecule has 0 bridgehead atoms. The summed E-state index contributed by atoms with van der Waals surface area (Å²) in [5.41, 5.74) is 1.69. The van der Waals surface area contributed by atoms with Crippen LogP contribution < -0.4 is 15.4 Å². The van der Waals surface area contributed by atoms with Crippen LogP contribution in [-0.4, -0.2) is 25.8 Å². The molecule has 0 aliphatic heterocycles. The molecular weight excluding hydrogens is 438 g/mol. The molecule has 33 heavy (non-hydrogen) atoms. The quantitative estimate of drug-likeness (QED) is 0.496. The van der Waals surface area contributed by atoms with Crippen LogP contribution in [0.25, 0.3) is 0 Å². The highest BCUT2D eigenvalue weighted by atomic mass is 32.2. The van der Waals surface area contributed by atoms with Gasteiger partial charge in [-0.25, -0.2) is 8.42 Å². The number of para-hydroxylation sites is 1. The van der Waals surface area contributed by atoms with E-state index in [1.807, 2.05) is 27.7 Å². The highest BCUT2D eigenvalue weighted by molar-refractivity contribution is 7.92. The van der Waals surface area contributed by atoms with Gasteiger partial charge in [0.25, 0.3) is 21.8 Å². The Morgan fingerprint density at radius 3 is 2.15 bits per heavy atom. The van der Waals surface area contributed by atoms with Crippen LogP contribution >= 0.6 is 0 Å². The van der Waals surface area contributed by atoms with Crippen LogP contribution in [0.5, 0.6) is 0 Å². The van der Waals surface area contributed by atoms with Crippen LogP contribution in [0, 0.1) is 6.92 Å². The number of anilines is 2. The van der Waals surface area contributed by atoms with E-state index in [0.29, 0.717) is 11.3 Å². The first-order valence-electron chi connectivity index (χ1n) is 10.4. The Morgan fingerprint density at radius 2 is 1.48 bits per heavy atom. The van der Waals surface area contributed by atoms with E-state index in [-0.39, 0.29) is 22.1 Å². The predicted octanol–water partition coefficient (Wildman–Crippen LogP) is 4.58. The van der Waals surface area contributed by atoms with Gasteiger partial charge in [0, 0.05) is 16.8 Å². The second-order valence-corrected chi connectivity index (χ2v) is 10.4. The van der Waals surface area contributed by atoms with Gasteiger partial charge in [0.05, 0.1) is 16.1 Å². The van der Waals surface area contributed by atoms with E-state index >= 15 is 0 Å². The summed E-state index contributed by atoms with van der Waals surface area (Å²) in [7, 11) is -3.80. The normalized spacial score (nSPS) is 11.5. The molecule has 0 radical (unpaired) electrons. The summed E-state index contributed by atoms with van der Waals surface area (Å²) >= 11 is 0. The minimum Gasteiger partial charge on any atom is -0.347 e. The van der Waals surface area contributed by atoms with Crippen molar-refractivity contribution in [1.82, 2.24) is 5.32 Å². The fraction of sp³-hybridized carbons (Fsp3) is 0.200. The monoisotopic (exact) mass is 465 g/mol. The van der Waals surface area contributed by atoms with Crippen LogP contribution in [0.2, 0.25) is 0 Å². The van der Waals surface area contributed by atoms with Gasteiger partial charge in [0.15, 0.2) is 0 Å². The minimum atomic E-state index is -3.80. The van der Waals surface area contributed by atoms with Crippen LogP contribution in [0.15, 0.2) is 77.7 Å². The lowest BCUT2D eigenvalue weighted by molar-refractivity contribution is 0.0920. The van der Waals surface area contributed by atoms with Crippen LogP contribution in [-0.2, 0) is 10.0 Å². The van der Waals surface area contributed by atoms with Crippen molar-refractivity contribution in [3.8, 4) is 0 Å². The van der Waals surface area contributed by atoms with Gasteiger partial charge >= 0.3 is 0 Å². The molecule has 3 N–H and O–H groups in total. The number of carbonyl (C=O) groups excluding carboxylic acids is 2. The van der Waals surface area contributed by atoms with Crippen LogP contribution in [0.3, 0.4) is 0 Å². The first kappa shape index (κ1) is 24.0. The summed E-state index contributed by atoms with van der Waals surface area (Å²) in [6.07, 6.45) is 0. The van der Waals surface area contributed by atoms with E-state index in [1.54, 1.807) is 54.6 Å². The largest absolute Gasteiger partial charge is 0.347 e. The average Bonchev–Trinajstić information content (AvgIpc) is 2.73. The summed E-state index contributed by atoms with van der Waals surface area (Å²) in [6.45, 7) is 7.48. The number of hydrogen-bond donors (Lipinski definition) is 3. The van der Waals surface area contributed by atoms with E-state index in [1.165, 1.54) is 18.2 Å². The highest BCUT2D eigenvalue weighted by Gasteiger charge is 2.19. The molecule has 2 amide bonds. The van der Waals surface area contributed by atoms with Crippen molar-refractivity contribution in [2.45, 2.75) is 38.1 Å². The molecule has 3 aromatic carbocycles. The zero-order valence-electron chi connectivity index (χ0n) is 19.0. The number of nitrogens with one attached hydrogen (secondary N) is 3. The first-order chi connectivity index (χ1) is 15.4. The van der Waals surface area contributed by atoms with E-state index in [9.17, 15) is 18.0 Å². The Kier molecular flexibility index (Phi) is 6.88. The molecule has 0 aliphatic rings. The Bertz CT molecular complexity index is 1280. The number of rotatable bonds is 6. The highest BCUT2D eigenvalue weighted by Crippen LogP contribution is 2.20. The smallest absolute Gasteiger partial charge is 0.261 e. The van der Waals surface area contributed by atoms with Gasteiger partial charge in [-0.3, -0.25) is 14.3 Å². The Balaban J connectivity index is 1.80. The number of sulfonamides is 1. The summed E-state index contributed by atoms with van der Waals surface area (Å²) in [4.78, 5) is 25.6. The van der Waals surface area contributed by atoms with Gasteiger partial charge in [0.1, 0.15) is 0 Å². The van der Waals surface area contributed by atoms with Gasteiger partial charge in [-0.2, -0.15) is 0 Å². The van der Waals surface area contributed by atoms with Crippen molar-refractivity contribution >= 4 is 33.2 Å². The first-order valence-corrected chi connectivity index (χ1v) is 11.9. The van der Waals surface area contributed by atoms with E-state index < -0.39 is 21.5 Å². The predicted molar refractivity (Wildman–Crippen MR) is 130 cm³/mol. The molecule has 0 saturated heterocycles. The summed E-state index contributed by atoms with van der Waals surface area (Å²) in [5, 5.41) is 5.62. The van der Waals surface area contributed by atoms with Crippen molar-refractivity contribution in [1.29, 1.82) is 0 Å². The fourth-order valence-corrected chi connectivity index (χ4v) is 4.10. The lowest BCUT2D eigenvalue weighted by Crippen LogP contribution is -2.40. The van der Waals surface area contributed by atoms with Gasteiger partial charge < -0.3 is 10.6 Å². The molecule has 3 rings (SSSR count). The lowest BCUT2D eigenvalue weighted by atomic mass is 10.1. The summed E-state index contributed by atoms with van der Waals surface area (Å²) in [5.74, 6) is -0.777. The maximum absolute atomic E-state index is 12.9. The third kappa shape index (κ3) is 6.43. The van der Waals surface area contributed by atoms with Crippen LogP contribution in [0.1, 0.15) is 47.1 Å². The number of hydrogen-bond acceptors (Lipinski definition) is 4. The third-order valence-corrected chi connectivity index (χ3v) is 6.01. The van der Waals surface area contributed by atoms with E-state index in [0.717, 1.165) is 5.56 Å². The molecule has 0 spiro atoms. The number of aryl methyl sites for hydroxylation is 1. The number of benzene rings is 3. The minimum absolute atomic E-state index is 0.127. The van der Waals surface area contributed by atoms with Crippen molar-refractivity contribution < 1.29 is 18.0 Å². The fourth-order valence-electron chi connectivity index (χ4n) is 3.05. The molecule has 0 fully saturated rings. The molecule has 8 heteroatoms. The number of carbonyl (C=O) groups is 2. The molecule has 7 nitrogen and oxygen atoms in total. The van der Waals surface area contributed by atoms with E-state index in [2.05, 4.69) is 15.4 Å². The molecule has 0 heterocycles. The average molecular weight is 466 g/mol. The second-order valence-electron chi connectivity index (χ2n) is 8.70. The molecule has 3 aromatic rings. The lowest BCUT2D eigenvalue weighted by Gasteiger charge is -2.21. The maximum atomic E-state index is 12.9. The Hall–Kier alpha value is -3.65. The Labute approximate surface area is 194 Å². The Morgan fingerprint density at radius 1 is 0.818 bits per heavy atom. The van der Waals surface area contributed by atoms with Crippen molar-refractivity contribution in [2.75, 3.05) is 10.0 Å². The second kappa shape index (κ2) is 9.46. The summed E-state index contributed by atoms with van der Waals surface area (Å²) in [6, 6.07) is 19.3. The maximum Gasteiger partial charge on any atom is 0.261 e.